The second-order valence-electron chi connectivity index (χ2n) is 4.55. The number of benzene rings is 2. The number of aromatic nitrogens is 2. The van der Waals surface area contributed by atoms with Crippen LogP contribution in [-0.2, 0) is 5.88 Å². The van der Waals surface area contributed by atoms with Crippen LogP contribution in [0.15, 0.2) is 53.4 Å². The van der Waals surface area contributed by atoms with Crippen LogP contribution in [0.1, 0.15) is 5.82 Å². The van der Waals surface area contributed by atoms with E-state index in [9.17, 15) is 5.21 Å². The van der Waals surface area contributed by atoms with Gasteiger partial charge in [-0.05, 0) is 47.6 Å². The zero-order valence-electron chi connectivity index (χ0n) is 11.4. The summed E-state index contributed by atoms with van der Waals surface area (Å²) in [5.41, 5.74) is 2.25. The third kappa shape index (κ3) is 2.57. The molecule has 3 rings (SSSR count). The van der Waals surface area contributed by atoms with Crippen molar-refractivity contribution in [3.05, 3.63) is 59.6 Å². The summed E-state index contributed by atoms with van der Waals surface area (Å²) in [7, 11) is 0. The number of nitrogens with zero attached hydrogens (tertiary/aromatic N) is 2. The van der Waals surface area contributed by atoms with E-state index < -0.39 is 0 Å². The molecule has 0 saturated heterocycles. The van der Waals surface area contributed by atoms with Crippen LogP contribution in [0.2, 0.25) is 0 Å². The van der Waals surface area contributed by atoms with Crippen molar-refractivity contribution in [2.24, 2.45) is 0 Å². The van der Waals surface area contributed by atoms with E-state index in [1.165, 1.54) is 0 Å². The van der Waals surface area contributed by atoms with Crippen molar-refractivity contribution in [2.45, 2.75) is 10.8 Å². The Bertz CT molecular complexity index is 790. The molecule has 1 heterocycles. The minimum Gasteiger partial charge on any atom is -0.710 e. The zero-order valence-corrected chi connectivity index (χ0v) is 13.0. The number of thioether (sulfide) groups is 1. The molecule has 0 atom stereocenters. The molecule has 3 aromatic rings. The summed E-state index contributed by atoms with van der Waals surface area (Å²) in [5, 5.41) is 13.4. The first kappa shape index (κ1) is 14.2. The van der Waals surface area contributed by atoms with E-state index >= 15 is 0 Å². The van der Waals surface area contributed by atoms with E-state index in [0.29, 0.717) is 11.5 Å². The van der Waals surface area contributed by atoms with Crippen LogP contribution in [-0.4, -0.2) is 11.2 Å². The van der Waals surface area contributed by atoms with Crippen molar-refractivity contribution in [3.63, 3.8) is 0 Å². The topological polar surface area (TPSA) is 39.8 Å². The van der Waals surface area contributed by atoms with Crippen molar-refractivity contribution in [3.8, 4) is 11.3 Å². The molecule has 0 aliphatic carbocycles. The number of alkyl halides is 1. The quantitative estimate of drug-likeness (QED) is 0.317. The van der Waals surface area contributed by atoms with E-state index in [1.54, 1.807) is 11.8 Å². The molecule has 2 aromatic carbocycles. The van der Waals surface area contributed by atoms with Gasteiger partial charge in [-0.3, -0.25) is 0 Å². The lowest BCUT2D eigenvalue weighted by Crippen LogP contribution is -2.35. The fourth-order valence-electron chi connectivity index (χ4n) is 2.30. The van der Waals surface area contributed by atoms with E-state index in [0.717, 1.165) is 26.1 Å². The van der Waals surface area contributed by atoms with Crippen LogP contribution in [0.3, 0.4) is 0 Å². The molecule has 0 aliphatic heterocycles. The minimum atomic E-state index is 0.0875. The molecule has 0 bridgehead atoms. The van der Waals surface area contributed by atoms with Gasteiger partial charge in [0, 0.05) is 10.5 Å². The van der Waals surface area contributed by atoms with Crippen LogP contribution in [0, 0.1) is 5.21 Å². The Morgan fingerprint density at radius 2 is 1.86 bits per heavy atom. The second kappa shape index (κ2) is 5.92. The summed E-state index contributed by atoms with van der Waals surface area (Å²) in [6.45, 7) is 0. The molecule has 0 unspecified atom stereocenters. The molecule has 0 aliphatic rings. The Morgan fingerprint density at radius 1 is 1.14 bits per heavy atom. The van der Waals surface area contributed by atoms with Crippen LogP contribution in [0.25, 0.3) is 22.2 Å². The molecule has 0 radical (unpaired) electrons. The molecule has 21 heavy (non-hydrogen) atoms. The zero-order chi connectivity index (χ0) is 14.8. The summed E-state index contributed by atoms with van der Waals surface area (Å²) in [4.78, 5) is 5.49. The summed E-state index contributed by atoms with van der Waals surface area (Å²) in [6, 6.07) is 15.6. The lowest BCUT2D eigenvalue weighted by atomic mass is 10.1. The Morgan fingerprint density at radius 3 is 2.52 bits per heavy atom. The molecular weight excluding hydrogens is 304 g/mol. The number of rotatable bonds is 3. The molecule has 0 fully saturated rings. The van der Waals surface area contributed by atoms with Gasteiger partial charge >= 0.3 is 5.82 Å². The summed E-state index contributed by atoms with van der Waals surface area (Å²) in [6.07, 6.45) is 2.02. The fourth-order valence-corrected chi connectivity index (χ4v) is 2.88. The van der Waals surface area contributed by atoms with Crippen molar-refractivity contribution >= 4 is 34.3 Å². The monoisotopic (exact) mass is 316 g/mol. The van der Waals surface area contributed by atoms with Gasteiger partial charge in [0.25, 0.3) is 0 Å². The predicted octanol–water partition coefficient (Wildman–Crippen LogP) is 4.00. The highest BCUT2D eigenvalue weighted by molar-refractivity contribution is 7.98. The first-order valence-corrected chi connectivity index (χ1v) is 8.22. The maximum atomic E-state index is 12.5. The highest BCUT2D eigenvalue weighted by atomic mass is 35.5. The van der Waals surface area contributed by atoms with Crippen LogP contribution >= 0.6 is 23.4 Å². The maximum Gasteiger partial charge on any atom is 0.317 e. The first-order chi connectivity index (χ1) is 10.2. The van der Waals surface area contributed by atoms with Crippen molar-refractivity contribution in [2.75, 3.05) is 6.26 Å². The van der Waals surface area contributed by atoms with Gasteiger partial charge in [-0.25, -0.2) is 4.73 Å². The number of hydrogen-bond donors (Lipinski definition) is 0. The van der Waals surface area contributed by atoms with Gasteiger partial charge in [0.2, 0.25) is 0 Å². The third-order valence-electron chi connectivity index (χ3n) is 3.33. The van der Waals surface area contributed by atoms with Gasteiger partial charge in [0.05, 0.1) is 5.39 Å². The van der Waals surface area contributed by atoms with Gasteiger partial charge in [0.1, 0.15) is 11.6 Å². The van der Waals surface area contributed by atoms with Crippen LogP contribution < -0.4 is 4.73 Å². The van der Waals surface area contributed by atoms with E-state index in [-0.39, 0.29) is 5.88 Å². The number of fused-ring (bicyclic) bond motifs is 1. The Labute approximate surface area is 132 Å². The average Bonchev–Trinajstić information content (AvgIpc) is 2.54. The van der Waals surface area contributed by atoms with Gasteiger partial charge < -0.3 is 5.21 Å². The fraction of sp³-hybridized carbons (Fsp3) is 0.125. The standard InChI is InChI=1S/C16H13ClN2OS/c1-21-12-8-6-11(7-9-12)16-13-4-2-3-5-14(13)18-15(10-17)19(16)20/h2-9H,10H2,1H3. The lowest BCUT2D eigenvalue weighted by Gasteiger charge is -2.13. The lowest BCUT2D eigenvalue weighted by molar-refractivity contribution is -0.603. The summed E-state index contributed by atoms with van der Waals surface area (Å²) in [5.74, 6) is 0.406. The molecule has 0 N–H and O–H groups in total. The summed E-state index contributed by atoms with van der Waals surface area (Å²) >= 11 is 7.52. The van der Waals surface area contributed by atoms with E-state index in [2.05, 4.69) is 4.98 Å². The smallest absolute Gasteiger partial charge is 0.317 e. The minimum absolute atomic E-state index is 0.0875. The Kier molecular flexibility index (Phi) is 3.99. The SMILES string of the molecule is CSc1ccc(-c2c3ccccc3nc(CCl)[n+]2[O-])cc1. The van der Waals surface area contributed by atoms with Gasteiger partial charge in [-0.15, -0.1) is 23.4 Å². The molecule has 0 saturated carbocycles. The Balaban J connectivity index is 2.30. The van der Waals surface area contributed by atoms with Crippen LogP contribution in [0.5, 0.6) is 0 Å². The third-order valence-corrected chi connectivity index (χ3v) is 4.31. The van der Waals surface area contributed by atoms with Crippen molar-refractivity contribution in [1.82, 2.24) is 4.98 Å². The summed E-state index contributed by atoms with van der Waals surface area (Å²) < 4.78 is 0.837. The van der Waals surface area contributed by atoms with Crippen molar-refractivity contribution in [1.29, 1.82) is 0 Å². The van der Waals surface area contributed by atoms with E-state index in [4.69, 9.17) is 11.6 Å². The highest BCUT2D eigenvalue weighted by Gasteiger charge is 2.18. The number of para-hydroxylation sites is 1. The molecule has 3 nitrogen and oxygen atoms in total. The maximum absolute atomic E-state index is 12.5. The normalized spacial score (nSPS) is 11.0. The predicted molar refractivity (Wildman–Crippen MR) is 87.5 cm³/mol. The molecule has 1 aromatic heterocycles. The Hall–Kier alpha value is -1.78. The number of halogens is 1. The van der Waals surface area contributed by atoms with E-state index in [1.807, 2.05) is 54.8 Å². The van der Waals surface area contributed by atoms with Crippen molar-refractivity contribution < 1.29 is 4.73 Å². The molecule has 0 spiro atoms. The molecule has 106 valence electrons. The number of hydrogen-bond acceptors (Lipinski definition) is 3. The molecule has 0 amide bonds. The van der Waals surface area contributed by atoms with Gasteiger partial charge in [-0.1, -0.05) is 12.1 Å². The first-order valence-electron chi connectivity index (χ1n) is 6.46. The molecular formula is C16H13ClN2OS. The van der Waals surface area contributed by atoms with Gasteiger partial charge in [-0.2, -0.15) is 0 Å². The molecule has 5 heteroatoms. The average molecular weight is 317 g/mol. The van der Waals surface area contributed by atoms with Crippen LogP contribution in [0.4, 0.5) is 0 Å². The largest absolute Gasteiger partial charge is 0.710 e. The highest BCUT2D eigenvalue weighted by Crippen LogP contribution is 2.26. The van der Waals surface area contributed by atoms with Gasteiger partial charge in [0.15, 0.2) is 5.52 Å². The second-order valence-corrected chi connectivity index (χ2v) is 5.70.